The van der Waals surface area contributed by atoms with Crippen molar-refractivity contribution >= 4 is 11.0 Å². The molecule has 0 amide bonds. The zero-order chi connectivity index (χ0) is 26.6. The van der Waals surface area contributed by atoms with Gasteiger partial charge in [0.25, 0.3) is 0 Å². The fourth-order valence-electron chi connectivity index (χ4n) is 4.73. The summed E-state index contributed by atoms with van der Waals surface area (Å²) >= 11 is 0. The van der Waals surface area contributed by atoms with E-state index in [1.807, 2.05) is 25.3 Å². The number of imidazole rings is 1. The maximum atomic E-state index is 13.1. The topological polar surface area (TPSA) is 94.4 Å². The van der Waals surface area contributed by atoms with Gasteiger partial charge in [-0.25, -0.2) is 24.9 Å². The highest BCUT2D eigenvalue weighted by molar-refractivity contribution is 5.84. The van der Waals surface area contributed by atoms with Crippen LogP contribution in [-0.2, 0) is 19.6 Å². The summed E-state index contributed by atoms with van der Waals surface area (Å²) in [5, 5.41) is 0. The molecule has 0 atom stereocenters. The summed E-state index contributed by atoms with van der Waals surface area (Å²) in [6.07, 6.45) is 2.64. The van der Waals surface area contributed by atoms with Gasteiger partial charge in [-0.1, -0.05) is 24.3 Å². The third kappa shape index (κ3) is 4.27. The molecule has 0 bridgehead atoms. The minimum Gasteiger partial charge on any atom is -0.480 e. The third-order valence-electron chi connectivity index (χ3n) is 6.78. The number of rotatable bonds is 6. The lowest BCUT2D eigenvalue weighted by Gasteiger charge is -2.11. The highest BCUT2D eigenvalue weighted by atomic mass is 19.4. The maximum absolute atomic E-state index is 13.1. The molecule has 11 heteroatoms. The van der Waals surface area contributed by atoms with Gasteiger partial charge in [-0.2, -0.15) is 13.2 Å². The summed E-state index contributed by atoms with van der Waals surface area (Å²) in [5.41, 5.74) is 5.73. The summed E-state index contributed by atoms with van der Waals surface area (Å²) in [6, 6.07) is 7.35. The quantitative estimate of drug-likeness (QED) is 0.313. The molecule has 194 valence electrons. The number of ether oxygens (including phenoxy) is 1. The van der Waals surface area contributed by atoms with E-state index in [1.165, 1.54) is 10.9 Å². The molecule has 0 saturated heterocycles. The molecule has 1 aliphatic rings. The first-order valence-electron chi connectivity index (χ1n) is 12.2. The number of hydrogen-bond acceptors (Lipinski definition) is 6. The number of halogens is 3. The molecule has 5 aromatic rings. The van der Waals surface area contributed by atoms with E-state index < -0.39 is 11.9 Å². The van der Waals surface area contributed by atoms with Gasteiger partial charge in [0.05, 0.1) is 29.5 Å². The Morgan fingerprint density at radius 2 is 1.84 bits per heavy atom. The fourth-order valence-corrected chi connectivity index (χ4v) is 4.73. The second-order valence-corrected chi connectivity index (χ2v) is 9.52. The summed E-state index contributed by atoms with van der Waals surface area (Å²) < 4.78 is 46.1. The van der Waals surface area contributed by atoms with E-state index in [2.05, 4.69) is 19.9 Å². The Kier molecular flexibility index (Phi) is 5.66. The first-order valence-corrected chi connectivity index (χ1v) is 12.2. The minimum atomic E-state index is -4.49. The second-order valence-electron chi connectivity index (χ2n) is 9.52. The molecule has 4 aromatic heterocycles. The number of methoxy groups -OCH3 is 1. The molecule has 38 heavy (non-hydrogen) atoms. The van der Waals surface area contributed by atoms with Gasteiger partial charge in [0.1, 0.15) is 17.7 Å². The van der Waals surface area contributed by atoms with Crippen LogP contribution in [0.15, 0.2) is 43.0 Å². The van der Waals surface area contributed by atoms with Crippen LogP contribution in [0.1, 0.15) is 47.0 Å². The van der Waals surface area contributed by atoms with Crippen molar-refractivity contribution in [3.63, 3.8) is 0 Å². The van der Waals surface area contributed by atoms with Crippen LogP contribution in [0, 0.1) is 6.92 Å². The maximum Gasteiger partial charge on any atom is 0.434 e. The Morgan fingerprint density at radius 1 is 1.08 bits per heavy atom. The molecule has 8 nitrogen and oxygen atoms in total. The lowest BCUT2D eigenvalue weighted by atomic mass is 10.0. The first-order chi connectivity index (χ1) is 18.2. The monoisotopic (exact) mass is 519 g/mol. The molecule has 1 aliphatic carbocycles. The zero-order valence-electron chi connectivity index (χ0n) is 21.0. The van der Waals surface area contributed by atoms with Crippen molar-refractivity contribution < 1.29 is 17.9 Å². The van der Waals surface area contributed by atoms with Crippen LogP contribution in [0.5, 0.6) is 5.88 Å². The largest absolute Gasteiger partial charge is 0.480 e. The molecule has 1 N–H and O–H groups in total. The van der Waals surface area contributed by atoms with E-state index in [1.54, 1.807) is 26.3 Å². The third-order valence-corrected chi connectivity index (χ3v) is 6.78. The standard InChI is InChI=1S/C27H24F3N7O/c1-14-21-23(36-24(34-14)20-22(16-8-9-16)32-13-33-26(20)38-3)18(11-31-21)10-15-4-6-17(7-5-15)25-35-19(12-37(25)2)27(28,29)30/h4-7,11-13,16,31H,8-10H2,1-3H3. The normalized spacial score (nSPS) is 13.8. The Labute approximate surface area is 216 Å². The Morgan fingerprint density at radius 3 is 2.50 bits per heavy atom. The summed E-state index contributed by atoms with van der Waals surface area (Å²) in [6.45, 7) is 1.93. The van der Waals surface area contributed by atoms with Gasteiger partial charge >= 0.3 is 6.18 Å². The number of nitrogens with zero attached hydrogens (tertiary/aromatic N) is 6. The van der Waals surface area contributed by atoms with E-state index in [9.17, 15) is 13.2 Å². The number of aromatic amines is 1. The van der Waals surface area contributed by atoms with Gasteiger partial charge in [0.15, 0.2) is 11.5 Å². The number of hydrogen-bond donors (Lipinski definition) is 1. The lowest BCUT2D eigenvalue weighted by Crippen LogP contribution is -2.04. The Hall–Kier alpha value is -4.28. The predicted octanol–water partition coefficient (Wildman–Crippen LogP) is 5.62. The average Bonchev–Trinajstić information content (AvgIpc) is 3.55. The van der Waals surface area contributed by atoms with E-state index >= 15 is 0 Å². The van der Waals surface area contributed by atoms with Crippen molar-refractivity contribution in [2.45, 2.75) is 38.3 Å². The van der Waals surface area contributed by atoms with E-state index in [0.717, 1.165) is 58.2 Å². The van der Waals surface area contributed by atoms with Gasteiger partial charge in [0.2, 0.25) is 5.88 Å². The second kappa shape index (κ2) is 8.93. The molecule has 1 fully saturated rings. The average molecular weight is 520 g/mol. The smallest absolute Gasteiger partial charge is 0.434 e. The number of nitrogens with one attached hydrogen (secondary N) is 1. The number of aromatic nitrogens is 7. The van der Waals surface area contributed by atoms with Crippen LogP contribution in [-0.4, -0.2) is 41.6 Å². The highest BCUT2D eigenvalue weighted by Gasteiger charge is 2.34. The van der Waals surface area contributed by atoms with Gasteiger partial charge in [-0.3, -0.25) is 0 Å². The SMILES string of the molecule is COc1ncnc(C2CC2)c1-c1nc(C)c2[nH]cc(Cc3ccc(-c4nc(C(F)(F)F)cn4C)cc3)c2n1. The van der Waals surface area contributed by atoms with Crippen LogP contribution in [0.4, 0.5) is 13.2 Å². The van der Waals surface area contributed by atoms with Crippen molar-refractivity contribution in [1.29, 1.82) is 0 Å². The molecule has 4 heterocycles. The minimum absolute atomic E-state index is 0.259. The van der Waals surface area contributed by atoms with E-state index in [0.29, 0.717) is 29.6 Å². The van der Waals surface area contributed by atoms with Crippen molar-refractivity contribution in [2.75, 3.05) is 7.11 Å². The number of alkyl halides is 3. The van der Waals surface area contributed by atoms with Crippen LogP contribution >= 0.6 is 0 Å². The number of aryl methyl sites for hydroxylation is 2. The lowest BCUT2D eigenvalue weighted by molar-refractivity contribution is -0.140. The van der Waals surface area contributed by atoms with Crippen molar-refractivity contribution in [3.8, 4) is 28.7 Å². The van der Waals surface area contributed by atoms with E-state index in [4.69, 9.17) is 14.7 Å². The first kappa shape index (κ1) is 24.1. The number of H-pyrrole nitrogens is 1. The van der Waals surface area contributed by atoms with Crippen LogP contribution in [0.25, 0.3) is 33.8 Å². The summed E-state index contributed by atoms with van der Waals surface area (Å²) in [4.78, 5) is 25.6. The molecule has 6 rings (SSSR count). The van der Waals surface area contributed by atoms with Gasteiger partial charge < -0.3 is 14.3 Å². The molecular formula is C27H24F3N7O. The molecule has 1 aromatic carbocycles. The predicted molar refractivity (Wildman–Crippen MR) is 135 cm³/mol. The molecule has 0 radical (unpaired) electrons. The Bertz CT molecular complexity index is 1650. The summed E-state index contributed by atoms with van der Waals surface area (Å²) in [7, 11) is 3.13. The van der Waals surface area contributed by atoms with Crippen LogP contribution in [0.3, 0.4) is 0 Å². The summed E-state index contributed by atoms with van der Waals surface area (Å²) in [5.74, 6) is 1.60. The fraction of sp³-hybridized carbons (Fsp3) is 0.296. The molecule has 1 saturated carbocycles. The molecule has 0 spiro atoms. The highest BCUT2D eigenvalue weighted by Crippen LogP contribution is 2.45. The van der Waals surface area contributed by atoms with Crippen molar-refractivity contribution in [3.05, 3.63) is 71.2 Å². The van der Waals surface area contributed by atoms with Crippen LogP contribution < -0.4 is 4.74 Å². The molecule has 0 unspecified atom stereocenters. The number of fused-ring (bicyclic) bond motifs is 1. The zero-order valence-corrected chi connectivity index (χ0v) is 21.0. The van der Waals surface area contributed by atoms with Crippen molar-refractivity contribution in [2.24, 2.45) is 7.05 Å². The van der Waals surface area contributed by atoms with Gasteiger partial charge in [-0.05, 0) is 25.3 Å². The number of benzene rings is 1. The van der Waals surface area contributed by atoms with Gasteiger partial charge in [0, 0.05) is 42.9 Å². The molecule has 0 aliphatic heterocycles. The van der Waals surface area contributed by atoms with E-state index in [-0.39, 0.29) is 5.82 Å². The van der Waals surface area contributed by atoms with Crippen LogP contribution in [0.2, 0.25) is 0 Å². The Balaban J connectivity index is 1.34. The van der Waals surface area contributed by atoms with Gasteiger partial charge in [-0.15, -0.1) is 0 Å². The molecular weight excluding hydrogens is 495 g/mol. The van der Waals surface area contributed by atoms with Crippen molar-refractivity contribution in [1.82, 2.24) is 34.5 Å².